The summed E-state index contributed by atoms with van der Waals surface area (Å²) in [4.78, 5) is 0. The second-order valence-corrected chi connectivity index (χ2v) is 8.90. The van der Waals surface area contributed by atoms with Crippen molar-refractivity contribution in [3.8, 4) is 16.9 Å². The number of halogens is 2. The molecule has 0 heterocycles. The van der Waals surface area contributed by atoms with Crippen LogP contribution in [0.3, 0.4) is 0 Å². The molecule has 0 spiro atoms. The van der Waals surface area contributed by atoms with Crippen LogP contribution in [0.25, 0.3) is 16.7 Å². The molecule has 1 unspecified atom stereocenters. The molecular weight excluding hydrogens is 431 g/mol. The molecule has 3 aromatic carbocycles. The van der Waals surface area contributed by atoms with Gasteiger partial charge in [-0.25, -0.2) is 4.39 Å². The van der Waals surface area contributed by atoms with Gasteiger partial charge in [0.1, 0.15) is 10.8 Å². The molecule has 4 rings (SSSR count). The van der Waals surface area contributed by atoms with Crippen molar-refractivity contribution in [3.63, 3.8) is 0 Å². The van der Waals surface area contributed by atoms with Gasteiger partial charge in [-0.3, -0.25) is 0 Å². The first-order valence-electron chi connectivity index (χ1n) is 11.7. The van der Waals surface area contributed by atoms with Crippen LogP contribution in [-0.4, -0.2) is 6.61 Å². The van der Waals surface area contributed by atoms with Crippen LogP contribution in [0, 0.1) is 5.82 Å². The first-order chi connectivity index (χ1) is 16.1. The maximum Gasteiger partial charge on any atom is 0.153 e. The van der Waals surface area contributed by atoms with Gasteiger partial charge in [0.05, 0.1) is 6.61 Å². The van der Waals surface area contributed by atoms with Gasteiger partial charge < -0.3 is 4.74 Å². The molecule has 3 heteroatoms. The maximum absolute atomic E-state index is 14.8. The van der Waals surface area contributed by atoms with Crippen LogP contribution in [-0.2, 0) is 6.42 Å². The van der Waals surface area contributed by atoms with E-state index in [1.807, 2.05) is 25.1 Å². The molecule has 1 aliphatic rings. The fourth-order valence-corrected chi connectivity index (χ4v) is 4.73. The van der Waals surface area contributed by atoms with E-state index in [1.165, 1.54) is 22.3 Å². The normalized spacial score (nSPS) is 15.7. The molecule has 0 saturated carbocycles. The Morgan fingerprint density at radius 2 is 1.76 bits per heavy atom. The van der Waals surface area contributed by atoms with Crippen molar-refractivity contribution >= 4 is 17.2 Å². The molecule has 0 amide bonds. The number of ether oxygens (including phenoxy) is 1. The lowest BCUT2D eigenvalue weighted by atomic mass is 9.82. The van der Waals surface area contributed by atoms with Crippen LogP contribution in [0.15, 0.2) is 79.4 Å². The summed E-state index contributed by atoms with van der Waals surface area (Å²) in [5.74, 6) is 0.512. The highest BCUT2D eigenvalue weighted by Gasteiger charge is 2.18. The fourth-order valence-electron chi connectivity index (χ4n) is 4.51. The van der Waals surface area contributed by atoms with Gasteiger partial charge in [-0.15, -0.1) is 6.58 Å². The molecule has 0 radical (unpaired) electrons. The number of hydrogen-bond donors (Lipinski definition) is 0. The van der Waals surface area contributed by atoms with Gasteiger partial charge in [-0.2, -0.15) is 0 Å². The fraction of sp³-hybridized carbons (Fsp3) is 0.267. The molecular formula is C30H30ClFO. The zero-order chi connectivity index (χ0) is 23.2. The molecule has 0 aliphatic heterocycles. The van der Waals surface area contributed by atoms with Crippen LogP contribution < -0.4 is 4.74 Å². The van der Waals surface area contributed by atoms with Gasteiger partial charge in [0, 0.05) is 5.56 Å². The molecule has 1 atom stereocenters. The molecule has 3 aromatic rings. The molecule has 0 saturated heterocycles. The summed E-state index contributed by atoms with van der Waals surface area (Å²) in [6.45, 7) is 6.10. The highest BCUT2D eigenvalue weighted by atomic mass is 35.5. The van der Waals surface area contributed by atoms with E-state index in [1.54, 1.807) is 12.1 Å². The number of rotatable bonds is 8. The SMILES string of the molecule is C=CCCc1ccc(C2CC=C(c3ccc(-c4ccc(OCC)c(Cl)c4F)cc3)CC2)cc1. The molecule has 170 valence electrons. The van der Waals surface area contributed by atoms with E-state index in [-0.39, 0.29) is 5.02 Å². The van der Waals surface area contributed by atoms with Crippen molar-refractivity contribution in [1.29, 1.82) is 0 Å². The van der Waals surface area contributed by atoms with Crippen LogP contribution in [0.1, 0.15) is 55.2 Å². The highest BCUT2D eigenvalue weighted by molar-refractivity contribution is 6.32. The summed E-state index contributed by atoms with van der Waals surface area (Å²) in [7, 11) is 0. The van der Waals surface area contributed by atoms with E-state index in [0.717, 1.165) is 37.7 Å². The lowest BCUT2D eigenvalue weighted by molar-refractivity contribution is 0.338. The lowest BCUT2D eigenvalue weighted by Crippen LogP contribution is -2.04. The van der Waals surface area contributed by atoms with E-state index in [4.69, 9.17) is 16.3 Å². The molecule has 1 aliphatic carbocycles. The third-order valence-corrected chi connectivity index (χ3v) is 6.76. The summed E-state index contributed by atoms with van der Waals surface area (Å²) in [5.41, 5.74) is 6.66. The first kappa shape index (κ1) is 23.3. The number of hydrogen-bond acceptors (Lipinski definition) is 1. The third-order valence-electron chi connectivity index (χ3n) is 6.41. The Balaban J connectivity index is 1.44. The summed E-state index contributed by atoms with van der Waals surface area (Å²) in [6, 6.07) is 20.6. The average Bonchev–Trinajstić information content (AvgIpc) is 2.86. The minimum absolute atomic E-state index is 0.0354. The van der Waals surface area contributed by atoms with Crippen molar-refractivity contribution in [2.24, 2.45) is 0 Å². The van der Waals surface area contributed by atoms with Crippen LogP contribution in [0.5, 0.6) is 5.75 Å². The van der Waals surface area contributed by atoms with Gasteiger partial charge >= 0.3 is 0 Å². The van der Waals surface area contributed by atoms with Crippen LogP contribution >= 0.6 is 11.6 Å². The quantitative estimate of drug-likeness (QED) is 0.304. The van der Waals surface area contributed by atoms with E-state index in [9.17, 15) is 4.39 Å². The molecule has 0 bridgehead atoms. The summed E-state index contributed by atoms with van der Waals surface area (Å²) in [6.07, 6.45) is 9.65. The number of aryl methyl sites for hydroxylation is 1. The van der Waals surface area contributed by atoms with Gasteiger partial charge in [-0.1, -0.05) is 72.3 Å². The number of benzene rings is 3. The molecule has 0 aromatic heterocycles. The Bertz CT molecular complexity index is 1130. The molecule has 0 fully saturated rings. The third kappa shape index (κ3) is 5.39. The second kappa shape index (κ2) is 10.9. The molecule has 1 nitrogen and oxygen atoms in total. The van der Waals surface area contributed by atoms with Crippen molar-refractivity contribution in [2.75, 3.05) is 6.61 Å². The topological polar surface area (TPSA) is 9.23 Å². The summed E-state index contributed by atoms with van der Waals surface area (Å²) < 4.78 is 20.2. The number of allylic oxidation sites excluding steroid dienone is 3. The van der Waals surface area contributed by atoms with Gasteiger partial charge in [0.2, 0.25) is 0 Å². The van der Waals surface area contributed by atoms with Gasteiger partial charge in [0.25, 0.3) is 0 Å². The summed E-state index contributed by atoms with van der Waals surface area (Å²) in [5, 5.41) is 0.0354. The van der Waals surface area contributed by atoms with Crippen LogP contribution in [0.2, 0.25) is 5.02 Å². The second-order valence-electron chi connectivity index (χ2n) is 8.52. The van der Waals surface area contributed by atoms with Crippen molar-refractivity contribution < 1.29 is 9.13 Å². The van der Waals surface area contributed by atoms with E-state index in [2.05, 4.69) is 49.1 Å². The van der Waals surface area contributed by atoms with Crippen molar-refractivity contribution in [3.05, 3.63) is 107 Å². The zero-order valence-corrected chi connectivity index (χ0v) is 19.9. The zero-order valence-electron chi connectivity index (χ0n) is 19.1. The predicted molar refractivity (Wildman–Crippen MR) is 138 cm³/mol. The van der Waals surface area contributed by atoms with E-state index < -0.39 is 5.82 Å². The average molecular weight is 461 g/mol. The standard InChI is InChI=1S/C30H30ClFO/c1-3-5-6-21-7-9-22(10-8-21)23-11-13-24(14-12-23)25-15-17-26(18-16-25)27-19-20-28(33-4-2)29(31)30(27)32/h3,7-10,13,15-20,23H,1,4-6,11-12,14H2,2H3. The van der Waals surface area contributed by atoms with Gasteiger partial charge in [-0.05, 0) is 84.9 Å². The molecule has 33 heavy (non-hydrogen) atoms. The maximum atomic E-state index is 14.8. The first-order valence-corrected chi connectivity index (χ1v) is 12.1. The van der Waals surface area contributed by atoms with E-state index >= 15 is 0 Å². The summed E-state index contributed by atoms with van der Waals surface area (Å²) >= 11 is 6.16. The van der Waals surface area contributed by atoms with E-state index in [0.29, 0.717) is 23.8 Å². The Morgan fingerprint density at radius 3 is 2.39 bits per heavy atom. The Labute approximate surface area is 201 Å². The van der Waals surface area contributed by atoms with Crippen molar-refractivity contribution in [1.82, 2.24) is 0 Å². The minimum atomic E-state index is -0.439. The Kier molecular flexibility index (Phi) is 7.67. The largest absolute Gasteiger partial charge is 0.492 e. The molecule has 0 N–H and O–H groups in total. The Morgan fingerprint density at radius 1 is 1.03 bits per heavy atom. The highest BCUT2D eigenvalue weighted by Crippen LogP contribution is 2.38. The predicted octanol–water partition coefficient (Wildman–Crippen LogP) is 9.01. The Hall–Kier alpha value is -2.84. The van der Waals surface area contributed by atoms with Crippen molar-refractivity contribution in [2.45, 2.75) is 44.9 Å². The van der Waals surface area contributed by atoms with Gasteiger partial charge in [0.15, 0.2) is 5.82 Å². The lowest BCUT2D eigenvalue weighted by Gasteiger charge is -2.23. The minimum Gasteiger partial charge on any atom is -0.492 e. The van der Waals surface area contributed by atoms with Crippen LogP contribution in [0.4, 0.5) is 4.39 Å². The monoisotopic (exact) mass is 460 g/mol. The smallest absolute Gasteiger partial charge is 0.153 e.